The minimum atomic E-state index is -0.447. The molecule has 0 unspecified atom stereocenters. The van der Waals surface area contributed by atoms with Gasteiger partial charge in [-0.15, -0.1) is 0 Å². The summed E-state index contributed by atoms with van der Waals surface area (Å²) in [6, 6.07) is 11.8. The van der Waals surface area contributed by atoms with E-state index in [1.165, 1.54) is 12.3 Å². The summed E-state index contributed by atoms with van der Waals surface area (Å²) in [5.74, 6) is -0.141. The Morgan fingerprint density at radius 2 is 2.00 bits per heavy atom. The van der Waals surface area contributed by atoms with Crippen LogP contribution in [0, 0.1) is 0 Å². The van der Waals surface area contributed by atoms with Crippen LogP contribution in [0.25, 0.3) is 11.0 Å². The van der Waals surface area contributed by atoms with Crippen LogP contribution in [0.4, 0.5) is 0 Å². The van der Waals surface area contributed by atoms with Crippen LogP contribution >= 0.6 is 11.6 Å². The minimum Gasteiger partial charge on any atom is -0.497 e. The van der Waals surface area contributed by atoms with Crippen molar-refractivity contribution >= 4 is 34.4 Å². The summed E-state index contributed by atoms with van der Waals surface area (Å²) in [4.78, 5) is 24.0. The Morgan fingerprint density at radius 1 is 1.16 bits per heavy atom. The van der Waals surface area contributed by atoms with E-state index in [4.69, 9.17) is 20.8 Å². The summed E-state index contributed by atoms with van der Waals surface area (Å²) in [6.45, 7) is 0. The number of hydrogen-bond acceptors (Lipinski definition) is 4. The van der Waals surface area contributed by atoms with E-state index in [0.717, 1.165) is 5.39 Å². The molecule has 2 amide bonds. The number of fused-ring (bicyclic) bond motifs is 1. The summed E-state index contributed by atoms with van der Waals surface area (Å²) >= 11 is 5.84. The standard InChI is InChI=1S/C18H15ClN2O4/c1-24-14-5-6-15-12(10-25-16(15)9-14)8-17(22)20-21-18(23)11-3-2-4-13(19)7-11/h2-7,9-10H,8H2,1H3,(H,20,22)(H,21,23). The maximum atomic E-state index is 12.1. The Bertz CT molecular complexity index is 936. The molecule has 0 aliphatic heterocycles. The average molecular weight is 359 g/mol. The Hall–Kier alpha value is -2.99. The molecule has 0 aliphatic rings. The summed E-state index contributed by atoms with van der Waals surface area (Å²) in [6.07, 6.45) is 1.58. The smallest absolute Gasteiger partial charge is 0.269 e. The van der Waals surface area contributed by atoms with Gasteiger partial charge in [0.25, 0.3) is 5.91 Å². The minimum absolute atomic E-state index is 0.0646. The number of nitrogens with one attached hydrogen (secondary N) is 2. The van der Waals surface area contributed by atoms with Crippen molar-refractivity contribution in [1.29, 1.82) is 0 Å². The van der Waals surface area contributed by atoms with Gasteiger partial charge in [0.2, 0.25) is 5.91 Å². The number of carbonyl (C=O) groups excluding carboxylic acids is 2. The van der Waals surface area contributed by atoms with Crippen molar-refractivity contribution in [1.82, 2.24) is 10.9 Å². The number of ether oxygens (including phenoxy) is 1. The van der Waals surface area contributed by atoms with Crippen LogP contribution < -0.4 is 15.6 Å². The van der Waals surface area contributed by atoms with E-state index >= 15 is 0 Å². The van der Waals surface area contributed by atoms with Gasteiger partial charge in [-0.2, -0.15) is 0 Å². The molecule has 3 rings (SSSR count). The molecule has 3 aromatic rings. The molecule has 0 atom stereocenters. The highest BCUT2D eigenvalue weighted by Crippen LogP contribution is 2.25. The maximum Gasteiger partial charge on any atom is 0.269 e. The molecule has 1 heterocycles. The molecule has 6 nitrogen and oxygen atoms in total. The van der Waals surface area contributed by atoms with Gasteiger partial charge in [0.15, 0.2) is 0 Å². The third-order valence-corrected chi connectivity index (χ3v) is 3.85. The molecule has 0 saturated heterocycles. The third kappa shape index (κ3) is 3.92. The van der Waals surface area contributed by atoms with Crippen LogP contribution in [-0.4, -0.2) is 18.9 Å². The number of furan rings is 1. The SMILES string of the molecule is COc1ccc2c(CC(=O)NNC(=O)c3cccc(Cl)c3)coc2c1. The van der Waals surface area contributed by atoms with Gasteiger partial charge in [0.1, 0.15) is 11.3 Å². The molecule has 0 aliphatic carbocycles. The van der Waals surface area contributed by atoms with E-state index in [2.05, 4.69) is 10.9 Å². The van der Waals surface area contributed by atoms with Crippen molar-refractivity contribution < 1.29 is 18.7 Å². The first kappa shape index (κ1) is 16.9. The molecule has 2 aromatic carbocycles. The first-order valence-electron chi connectivity index (χ1n) is 7.45. The van der Waals surface area contributed by atoms with E-state index < -0.39 is 5.91 Å². The van der Waals surface area contributed by atoms with E-state index in [-0.39, 0.29) is 12.3 Å². The van der Waals surface area contributed by atoms with Crippen LogP contribution in [0.15, 0.2) is 53.1 Å². The van der Waals surface area contributed by atoms with Gasteiger partial charge in [-0.3, -0.25) is 20.4 Å². The van der Waals surface area contributed by atoms with Crippen LogP contribution in [0.2, 0.25) is 5.02 Å². The van der Waals surface area contributed by atoms with Gasteiger partial charge in [-0.05, 0) is 30.3 Å². The molecule has 0 fully saturated rings. The van der Waals surface area contributed by atoms with Gasteiger partial charge >= 0.3 is 0 Å². The predicted molar refractivity (Wildman–Crippen MR) is 93.5 cm³/mol. The van der Waals surface area contributed by atoms with E-state index in [1.807, 2.05) is 6.07 Å². The Balaban J connectivity index is 1.62. The largest absolute Gasteiger partial charge is 0.497 e. The normalized spacial score (nSPS) is 10.5. The second kappa shape index (κ2) is 7.27. The van der Waals surface area contributed by atoms with Crippen molar-refractivity contribution in [2.45, 2.75) is 6.42 Å². The zero-order valence-electron chi connectivity index (χ0n) is 13.3. The average Bonchev–Trinajstić information content (AvgIpc) is 3.01. The number of amides is 2. The molecule has 0 radical (unpaired) electrons. The lowest BCUT2D eigenvalue weighted by Crippen LogP contribution is -2.42. The number of hydrogen-bond donors (Lipinski definition) is 2. The van der Waals surface area contributed by atoms with Crippen molar-refractivity contribution in [3.8, 4) is 5.75 Å². The molecule has 0 saturated carbocycles. The summed E-state index contributed by atoms with van der Waals surface area (Å²) in [5, 5.41) is 1.26. The first-order chi connectivity index (χ1) is 12.1. The van der Waals surface area contributed by atoms with Gasteiger partial charge in [-0.1, -0.05) is 17.7 Å². The molecular formula is C18H15ClN2O4. The zero-order valence-corrected chi connectivity index (χ0v) is 14.1. The molecular weight excluding hydrogens is 344 g/mol. The number of carbonyl (C=O) groups is 2. The fourth-order valence-corrected chi connectivity index (χ4v) is 2.56. The Kier molecular flexibility index (Phi) is 4.90. The van der Waals surface area contributed by atoms with Crippen molar-refractivity contribution in [3.63, 3.8) is 0 Å². The number of rotatable bonds is 4. The molecule has 128 valence electrons. The first-order valence-corrected chi connectivity index (χ1v) is 7.83. The highest BCUT2D eigenvalue weighted by Gasteiger charge is 2.12. The highest BCUT2D eigenvalue weighted by molar-refractivity contribution is 6.30. The zero-order chi connectivity index (χ0) is 17.8. The molecule has 7 heteroatoms. The molecule has 0 bridgehead atoms. The Morgan fingerprint density at radius 3 is 2.76 bits per heavy atom. The van der Waals surface area contributed by atoms with Crippen LogP contribution in [0.3, 0.4) is 0 Å². The van der Waals surface area contributed by atoms with Crippen LogP contribution in [-0.2, 0) is 11.2 Å². The second-order valence-electron chi connectivity index (χ2n) is 5.31. The van der Waals surface area contributed by atoms with Crippen LogP contribution in [0.5, 0.6) is 5.75 Å². The van der Waals surface area contributed by atoms with Crippen molar-refractivity contribution in [2.75, 3.05) is 7.11 Å². The van der Waals surface area contributed by atoms with E-state index in [1.54, 1.807) is 37.4 Å². The lowest BCUT2D eigenvalue weighted by molar-refractivity contribution is -0.121. The van der Waals surface area contributed by atoms with Crippen molar-refractivity contribution in [2.24, 2.45) is 0 Å². The van der Waals surface area contributed by atoms with E-state index in [0.29, 0.717) is 27.5 Å². The molecule has 0 spiro atoms. The topological polar surface area (TPSA) is 80.6 Å². The van der Waals surface area contributed by atoms with E-state index in [9.17, 15) is 9.59 Å². The molecule has 2 N–H and O–H groups in total. The summed E-state index contributed by atoms with van der Waals surface area (Å²) in [7, 11) is 1.57. The second-order valence-corrected chi connectivity index (χ2v) is 5.75. The molecule has 25 heavy (non-hydrogen) atoms. The number of methoxy groups -OCH3 is 1. The lowest BCUT2D eigenvalue weighted by atomic mass is 10.1. The highest BCUT2D eigenvalue weighted by atomic mass is 35.5. The van der Waals surface area contributed by atoms with Crippen molar-refractivity contribution in [3.05, 3.63) is 64.9 Å². The monoisotopic (exact) mass is 358 g/mol. The predicted octanol–water partition coefficient (Wildman–Crippen LogP) is 3.10. The quantitative estimate of drug-likeness (QED) is 0.702. The number of halogens is 1. The van der Waals surface area contributed by atoms with Gasteiger partial charge in [0, 0.05) is 27.6 Å². The fraction of sp³-hybridized carbons (Fsp3) is 0.111. The van der Waals surface area contributed by atoms with Gasteiger partial charge in [0.05, 0.1) is 19.8 Å². The number of benzene rings is 2. The third-order valence-electron chi connectivity index (χ3n) is 3.62. The van der Waals surface area contributed by atoms with Gasteiger partial charge < -0.3 is 9.15 Å². The lowest BCUT2D eigenvalue weighted by Gasteiger charge is -2.07. The molecule has 1 aromatic heterocycles. The fourth-order valence-electron chi connectivity index (χ4n) is 2.37. The summed E-state index contributed by atoms with van der Waals surface area (Å²) < 4.78 is 10.6. The number of hydrazine groups is 1. The Labute approximate surface area is 148 Å². The maximum absolute atomic E-state index is 12.1. The van der Waals surface area contributed by atoms with Gasteiger partial charge in [-0.25, -0.2) is 0 Å². The summed E-state index contributed by atoms with van der Waals surface area (Å²) in [5.41, 5.74) is 6.43. The van der Waals surface area contributed by atoms with Crippen LogP contribution in [0.1, 0.15) is 15.9 Å².